The predicted octanol–water partition coefficient (Wildman–Crippen LogP) is 6.76. The number of fused-ring (bicyclic) bond motifs is 1. The first-order valence-electron chi connectivity index (χ1n) is 9.95. The highest BCUT2D eigenvalue weighted by Gasteiger charge is 2.22. The van der Waals surface area contributed by atoms with Gasteiger partial charge in [-0.1, -0.05) is 37.3 Å². The van der Waals surface area contributed by atoms with E-state index in [-0.39, 0.29) is 5.91 Å². The Morgan fingerprint density at radius 1 is 1.10 bits per heavy atom. The van der Waals surface area contributed by atoms with Crippen LogP contribution in [-0.2, 0) is 6.54 Å². The summed E-state index contributed by atoms with van der Waals surface area (Å²) in [6.45, 7) is 4.72. The van der Waals surface area contributed by atoms with Crippen LogP contribution >= 0.6 is 34.9 Å². The first kappa shape index (κ1) is 21.9. The molecule has 31 heavy (non-hydrogen) atoms. The van der Waals surface area contributed by atoms with E-state index in [9.17, 15) is 4.79 Å². The van der Waals surface area contributed by atoms with Gasteiger partial charge >= 0.3 is 0 Å². The van der Waals surface area contributed by atoms with Gasteiger partial charge in [0.2, 0.25) is 0 Å². The summed E-state index contributed by atoms with van der Waals surface area (Å²) >= 11 is 5.00. The molecule has 7 heteroatoms. The lowest BCUT2D eigenvalue weighted by Gasteiger charge is -2.20. The average molecular weight is 466 g/mol. The predicted molar refractivity (Wildman–Crippen MR) is 134 cm³/mol. The van der Waals surface area contributed by atoms with Crippen molar-refractivity contribution in [1.82, 2.24) is 9.97 Å². The van der Waals surface area contributed by atoms with Gasteiger partial charge in [-0.3, -0.25) is 14.7 Å². The Morgan fingerprint density at radius 2 is 1.97 bits per heavy atom. The molecule has 0 fully saturated rings. The van der Waals surface area contributed by atoms with E-state index in [1.165, 1.54) is 4.90 Å². The van der Waals surface area contributed by atoms with Gasteiger partial charge in [-0.15, -0.1) is 23.5 Å². The zero-order chi connectivity index (χ0) is 21.8. The number of amides is 1. The van der Waals surface area contributed by atoms with Gasteiger partial charge in [-0.05, 0) is 54.3 Å². The number of carbonyl (C=O) groups excluding carboxylic acids is 1. The monoisotopic (exact) mass is 465 g/mol. The summed E-state index contributed by atoms with van der Waals surface area (Å²) in [5.41, 5.74) is 2.54. The van der Waals surface area contributed by atoms with E-state index >= 15 is 0 Å². The highest BCUT2D eigenvalue weighted by atomic mass is 32.2. The van der Waals surface area contributed by atoms with Crippen molar-refractivity contribution in [1.29, 1.82) is 0 Å². The van der Waals surface area contributed by atoms with Crippen LogP contribution in [-0.4, -0.2) is 27.4 Å². The molecule has 4 nitrogen and oxygen atoms in total. The van der Waals surface area contributed by atoms with E-state index in [1.54, 1.807) is 52.2 Å². The molecule has 0 N–H and O–H groups in total. The van der Waals surface area contributed by atoms with Gasteiger partial charge in [0.05, 0.1) is 16.8 Å². The third kappa shape index (κ3) is 5.29. The molecule has 0 aliphatic heterocycles. The van der Waals surface area contributed by atoms with Crippen molar-refractivity contribution < 1.29 is 4.79 Å². The molecule has 0 saturated heterocycles. The summed E-state index contributed by atoms with van der Waals surface area (Å²) < 4.78 is 1.08. The molecule has 4 aromatic rings. The third-order valence-corrected chi connectivity index (χ3v) is 7.34. The molecule has 1 amide bonds. The van der Waals surface area contributed by atoms with Gasteiger partial charge in [0, 0.05) is 33.0 Å². The number of thiazole rings is 1. The number of thioether (sulfide) groups is 2. The molecule has 0 saturated carbocycles. The molecule has 2 aromatic heterocycles. The fourth-order valence-electron chi connectivity index (χ4n) is 3.17. The lowest BCUT2D eigenvalue weighted by molar-refractivity contribution is 0.0985. The zero-order valence-electron chi connectivity index (χ0n) is 17.6. The highest BCUT2D eigenvalue weighted by molar-refractivity contribution is 8.00. The molecule has 0 unspecified atom stereocenters. The standard InChI is InChI=1S/C24H23N3OS3/c1-16(2)30-20-8-4-7-18(12-20)23(28)27(15-17-6-5-11-25-14-17)24-26-21-10-9-19(29-3)13-22(21)31-24/h4-14,16H,15H2,1-3H3. The molecule has 158 valence electrons. The molecule has 0 bridgehead atoms. The summed E-state index contributed by atoms with van der Waals surface area (Å²) in [4.78, 5) is 26.7. The number of hydrogen-bond donors (Lipinski definition) is 0. The molecule has 0 spiro atoms. The van der Waals surface area contributed by atoms with Crippen molar-refractivity contribution >= 4 is 56.1 Å². The molecule has 4 rings (SSSR count). The molecule has 0 aliphatic rings. The number of hydrogen-bond acceptors (Lipinski definition) is 6. The number of benzene rings is 2. The van der Waals surface area contributed by atoms with Crippen LogP contribution < -0.4 is 4.90 Å². The van der Waals surface area contributed by atoms with Crippen LogP contribution in [0.4, 0.5) is 5.13 Å². The molecule has 0 atom stereocenters. The van der Waals surface area contributed by atoms with Crippen LogP contribution in [0.2, 0.25) is 0 Å². The number of rotatable bonds is 7. The number of nitrogens with zero attached hydrogens (tertiary/aromatic N) is 3. The van der Waals surface area contributed by atoms with E-state index in [1.807, 2.05) is 36.4 Å². The van der Waals surface area contributed by atoms with Gasteiger partial charge in [0.1, 0.15) is 0 Å². The van der Waals surface area contributed by atoms with Gasteiger partial charge in [-0.25, -0.2) is 4.98 Å². The van der Waals surface area contributed by atoms with Gasteiger partial charge < -0.3 is 0 Å². The number of carbonyl (C=O) groups is 1. The second-order valence-electron chi connectivity index (χ2n) is 7.28. The Balaban J connectivity index is 1.73. The zero-order valence-corrected chi connectivity index (χ0v) is 20.1. The van der Waals surface area contributed by atoms with Crippen LogP contribution in [0.15, 0.2) is 76.8 Å². The normalized spacial score (nSPS) is 11.2. The Morgan fingerprint density at radius 3 is 2.71 bits per heavy atom. The number of anilines is 1. The van der Waals surface area contributed by atoms with Gasteiger partial charge in [0.15, 0.2) is 5.13 Å². The van der Waals surface area contributed by atoms with Crippen molar-refractivity contribution in [2.24, 2.45) is 0 Å². The summed E-state index contributed by atoms with van der Waals surface area (Å²) in [5.74, 6) is -0.0563. The Labute approximate surface area is 195 Å². The van der Waals surface area contributed by atoms with Crippen LogP contribution in [0.3, 0.4) is 0 Å². The van der Waals surface area contributed by atoms with E-state index in [0.717, 1.165) is 20.7 Å². The van der Waals surface area contributed by atoms with Crippen molar-refractivity contribution in [3.05, 3.63) is 78.1 Å². The Kier molecular flexibility index (Phi) is 6.95. The topological polar surface area (TPSA) is 46.1 Å². The SMILES string of the molecule is CSc1ccc2nc(N(Cc3cccnc3)C(=O)c3cccc(SC(C)C)c3)sc2c1. The van der Waals surface area contributed by atoms with Gasteiger partial charge in [0.25, 0.3) is 5.91 Å². The minimum absolute atomic E-state index is 0.0563. The van der Waals surface area contributed by atoms with Crippen molar-refractivity contribution in [2.75, 3.05) is 11.2 Å². The number of pyridine rings is 1. The summed E-state index contributed by atoms with van der Waals surface area (Å²) in [6.07, 6.45) is 5.60. The second kappa shape index (κ2) is 9.85. The molecule has 2 aromatic carbocycles. The Hall–Kier alpha value is -2.35. The van der Waals surface area contributed by atoms with E-state index < -0.39 is 0 Å². The molecular weight excluding hydrogens is 442 g/mol. The van der Waals surface area contributed by atoms with E-state index in [4.69, 9.17) is 4.98 Å². The largest absolute Gasteiger partial charge is 0.279 e. The Bertz CT molecular complexity index is 1190. The fourth-order valence-corrected chi connectivity index (χ4v) is 5.58. The maximum Gasteiger partial charge on any atom is 0.260 e. The van der Waals surface area contributed by atoms with Crippen molar-refractivity contribution in [2.45, 2.75) is 35.4 Å². The molecular formula is C24H23N3OS3. The summed E-state index contributed by atoms with van der Waals surface area (Å²) in [7, 11) is 0. The summed E-state index contributed by atoms with van der Waals surface area (Å²) in [5, 5.41) is 1.15. The molecule has 2 heterocycles. The molecule has 0 radical (unpaired) electrons. The average Bonchev–Trinajstić information content (AvgIpc) is 3.20. The minimum atomic E-state index is -0.0563. The lowest BCUT2D eigenvalue weighted by Crippen LogP contribution is -2.30. The van der Waals surface area contributed by atoms with Crippen LogP contribution in [0.5, 0.6) is 0 Å². The van der Waals surface area contributed by atoms with E-state index in [0.29, 0.717) is 22.5 Å². The van der Waals surface area contributed by atoms with Crippen LogP contribution in [0, 0.1) is 0 Å². The number of aromatic nitrogens is 2. The van der Waals surface area contributed by atoms with Crippen molar-refractivity contribution in [3.8, 4) is 0 Å². The smallest absolute Gasteiger partial charge is 0.260 e. The second-order valence-corrected chi connectivity index (χ2v) is 10.8. The van der Waals surface area contributed by atoms with Crippen molar-refractivity contribution in [3.63, 3.8) is 0 Å². The first-order chi connectivity index (χ1) is 15.0. The fraction of sp³-hybridized carbons (Fsp3) is 0.208. The first-order valence-corrected chi connectivity index (χ1v) is 12.9. The minimum Gasteiger partial charge on any atom is -0.279 e. The molecule has 0 aliphatic carbocycles. The van der Waals surface area contributed by atoms with Gasteiger partial charge in [-0.2, -0.15) is 0 Å². The van der Waals surface area contributed by atoms with Crippen LogP contribution in [0.25, 0.3) is 10.2 Å². The lowest BCUT2D eigenvalue weighted by atomic mass is 10.2. The maximum absolute atomic E-state index is 13.6. The quantitative estimate of drug-likeness (QED) is 0.282. The maximum atomic E-state index is 13.6. The summed E-state index contributed by atoms with van der Waals surface area (Å²) in [6, 6.07) is 17.9. The van der Waals surface area contributed by atoms with Crippen LogP contribution in [0.1, 0.15) is 29.8 Å². The van der Waals surface area contributed by atoms with E-state index in [2.05, 4.69) is 43.3 Å². The third-order valence-electron chi connectivity index (χ3n) is 4.58. The highest BCUT2D eigenvalue weighted by Crippen LogP contribution is 2.33.